The monoisotopic (exact) mass is 527 g/mol. The molecule has 1 N–H and O–H groups in total. The average molecular weight is 528 g/mol. The largest absolute Gasteiger partial charge is 0.477 e. The van der Waals surface area contributed by atoms with Gasteiger partial charge >= 0.3 is 5.97 Å². The molecular formula is C28H37N3O3S2. The number of thiophene rings is 1. The highest BCUT2D eigenvalue weighted by molar-refractivity contribution is 8.14. The first-order valence-electron chi connectivity index (χ1n) is 13.1. The summed E-state index contributed by atoms with van der Waals surface area (Å²) in [5.41, 5.74) is 0.353. The topological polar surface area (TPSA) is 82.3 Å². The summed E-state index contributed by atoms with van der Waals surface area (Å²) in [5.74, 6) is 6.10. The van der Waals surface area contributed by atoms with Gasteiger partial charge in [-0.15, -0.1) is 28.2 Å². The Morgan fingerprint density at radius 1 is 1.11 bits per heavy atom. The quantitative estimate of drug-likeness (QED) is 0.425. The van der Waals surface area contributed by atoms with Gasteiger partial charge in [-0.25, -0.2) is 4.79 Å². The van der Waals surface area contributed by atoms with Crippen molar-refractivity contribution in [2.75, 3.05) is 4.90 Å². The third-order valence-electron chi connectivity index (χ3n) is 7.16. The zero-order valence-electron chi connectivity index (χ0n) is 21.7. The SMILES string of the molecule is CC1CCC(C(=O)N(c2cc(C#CC(C)(C)C)sc2C(=O)O)C2CCC(SC3=NN=CC3)CC2)CC1. The lowest BCUT2D eigenvalue weighted by molar-refractivity contribution is -0.124. The number of hydrogen-bond acceptors (Lipinski definition) is 6. The Kier molecular flexibility index (Phi) is 8.62. The minimum atomic E-state index is -0.989. The van der Waals surface area contributed by atoms with E-state index in [4.69, 9.17) is 0 Å². The number of rotatable bonds is 5. The highest BCUT2D eigenvalue weighted by Gasteiger charge is 2.37. The summed E-state index contributed by atoms with van der Waals surface area (Å²) in [5, 5.41) is 19.8. The van der Waals surface area contributed by atoms with Crippen molar-refractivity contribution < 1.29 is 14.7 Å². The molecule has 0 unspecified atom stereocenters. The molecule has 4 rings (SSSR count). The molecule has 36 heavy (non-hydrogen) atoms. The van der Waals surface area contributed by atoms with Crippen molar-refractivity contribution in [1.29, 1.82) is 0 Å². The number of aromatic carboxylic acids is 1. The Balaban J connectivity index is 1.61. The molecule has 1 amide bonds. The van der Waals surface area contributed by atoms with Crippen molar-refractivity contribution in [2.45, 2.75) is 96.8 Å². The van der Waals surface area contributed by atoms with Crippen LogP contribution in [0.4, 0.5) is 5.69 Å². The summed E-state index contributed by atoms with van der Waals surface area (Å²) in [6, 6.07) is 1.85. The Bertz CT molecular complexity index is 1090. The third kappa shape index (κ3) is 6.80. The van der Waals surface area contributed by atoms with Crippen LogP contribution in [0.25, 0.3) is 0 Å². The van der Waals surface area contributed by atoms with Gasteiger partial charge in [-0.05, 0) is 84.1 Å². The van der Waals surface area contributed by atoms with Gasteiger partial charge < -0.3 is 10.0 Å². The molecular weight excluding hydrogens is 490 g/mol. The average Bonchev–Trinajstić information content (AvgIpc) is 3.49. The van der Waals surface area contributed by atoms with Crippen LogP contribution < -0.4 is 4.90 Å². The fourth-order valence-corrected chi connectivity index (χ4v) is 7.17. The van der Waals surface area contributed by atoms with Crippen LogP contribution in [0.2, 0.25) is 0 Å². The normalized spacial score (nSPS) is 26.2. The number of carbonyl (C=O) groups is 2. The molecule has 2 saturated carbocycles. The second kappa shape index (κ2) is 11.5. The van der Waals surface area contributed by atoms with Crippen LogP contribution in [-0.4, -0.2) is 39.5 Å². The fraction of sp³-hybridized carbons (Fsp3) is 0.643. The van der Waals surface area contributed by atoms with Gasteiger partial charge in [0.1, 0.15) is 9.92 Å². The molecule has 0 saturated heterocycles. The number of carboxylic acids is 1. The van der Waals surface area contributed by atoms with E-state index in [0.29, 0.717) is 21.7 Å². The molecule has 1 aliphatic heterocycles. The van der Waals surface area contributed by atoms with Crippen LogP contribution >= 0.6 is 23.1 Å². The smallest absolute Gasteiger partial charge is 0.348 e. The second-order valence-corrected chi connectivity index (χ2v) is 13.8. The molecule has 3 aliphatic rings. The molecule has 2 heterocycles. The molecule has 0 spiro atoms. The van der Waals surface area contributed by atoms with Crippen LogP contribution in [0.1, 0.15) is 100 Å². The van der Waals surface area contributed by atoms with Crippen LogP contribution in [0.3, 0.4) is 0 Å². The highest BCUT2D eigenvalue weighted by Crippen LogP contribution is 2.40. The Morgan fingerprint density at radius 2 is 1.81 bits per heavy atom. The zero-order valence-corrected chi connectivity index (χ0v) is 23.4. The minimum Gasteiger partial charge on any atom is -0.477 e. The number of amides is 1. The summed E-state index contributed by atoms with van der Waals surface area (Å²) < 4.78 is 0. The zero-order chi connectivity index (χ0) is 25.9. The predicted molar refractivity (Wildman–Crippen MR) is 150 cm³/mol. The standard InChI is InChI=1S/C28H37N3O3S2/c1-18-5-7-19(8-6-18)26(32)31(20-9-11-21(12-10-20)35-24-14-16-29-30-24)23-17-22(13-15-28(2,3)4)36-25(23)27(33)34/h16-21H,5-12,14H2,1-4H3,(H,33,34). The number of carboxylic acid groups (broad SMARTS) is 1. The molecule has 194 valence electrons. The predicted octanol–water partition coefficient (Wildman–Crippen LogP) is 6.84. The molecule has 1 aromatic rings. The van der Waals surface area contributed by atoms with Gasteiger partial charge in [-0.1, -0.05) is 18.8 Å². The first-order chi connectivity index (χ1) is 17.1. The molecule has 2 aliphatic carbocycles. The molecule has 2 fully saturated rings. The van der Waals surface area contributed by atoms with Crippen molar-refractivity contribution in [2.24, 2.45) is 27.5 Å². The van der Waals surface area contributed by atoms with E-state index in [1.165, 1.54) is 11.3 Å². The van der Waals surface area contributed by atoms with Gasteiger partial charge in [0.2, 0.25) is 5.91 Å². The van der Waals surface area contributed by atoms with Gasteiger partial charge in [-0.3, -0.25) is 4.79 Å². The lowest BCUT2D eigenvalue weighted by Crippen LogP contribution is -2.46. The number of nitrogens with zero attached hydrogens (tertiary/aromatic N) is 3. The summed E-state index contributed by atoms with van der Waals surface area (Å²) in [6.45, 7) is 8.35. The van der Waals surface area contributed by atoms with E-state index < -0.39 is 5.97 Å². The van der Waals surface area contributed by atoms with Gasteiger partial charge in [-0.2, -0.15) is 5.10 Å². The molecule has 6 nitrogen and oxygen atoms in total. The maximum absolute atomic E-state index is 14.0. The van der Waals surface area contributed by atoms with Gasteiger partial charge in [0.15, 0.2) is 0 Å². The van der Waals surface area contributed by atoms with E-state index in [-0.39, 0.29) is 28.2 Å². The molecule has 0 atom stereocenters. The van der Waals surface area contributed by atoms with Gasteiger partial charge in [0.25, 0.3) is 0 Å². The molecule has 0 bridgehead atoms. The lowest BCUT2D eigenvalue weighted by Gasteiger charge is -2.39. The molecule has 1 aromatic heterocycles. The van der Waals surface area contributed by atoms with Crippen molar-refractivity contribution in [3.63, 3.8) is 0 Å². The van der Waals surface area contributed by atoms with E-state index in [1.807, 2.05) is 38.0 Å². The first kappa shape index (κ1) is 26.9. The molecule has 0 aromatic carbocycles. The van der Waals surface area contributed by atoms with Crippen LogP contribution in [0.5, 0.6) is 0 Å². The van der Waals surface area contributed by atoms with Gasteiger partial charge in [0.05, 0.1) is 10.6 Å². The van der Waals surface area contributed by atoms with Crippen molar-refractivity contribution in [3.8, 4) is 11.8 Å². The lowest BCUT2D eigenvalue weighted by atomic mass is 9.81. The van der Waals surface area contributed by atoms with Crippen molar-refractivity contribution in [1.82, 2.24) is 0 Å². The Labute approximate surface area is 223 Å². The van der Waals surface area contributed by atoms with E-state index in [1.54, 1.807) is 11.8 Å². The van der Waals surface area contributed by atoms with E-state index in [9.17, 15) is 14.7 Å². The summed E-state index contributed by atoms with van der Waals surface area (Å²) >= 11 is 2.99. The van der Waals surface area contributed by atoms with Crippen LogP contribution in [-0.2, 0) is 4.79 Å². The number of carbonyl (C=O) groups excluding carboxylic acids is 1. The Hall–Kier alpha value is -2.11. The third-order valence-corrected chi connectivity index (χ3v) is 9.51. The number of thioether (sulfide) groups is 1. The number of anilines is 1. The maximum Gasteiger partial charge on any atom is 0.348 e. The molecule has 8 heteroatoms. The second-order valence-electron chi connectivity index (χ2n) is 11.3. The highest BCUT2D eigenvalue weighted by atomic mass is 32.2. The van der Waals surface area contributed by atoms with E-state index in [0.717, 1.165) is 62.8 Å². The van der Waals surface area contributed by atoms with E-state index in [2.05, 4.69) is 29.0 Å². The minimum absolute atomic E-state index is 0.00610. The summed E-state index contributed by atoms with van der Waals surface area (Å²) in [6.07, 6.45) is 10.2. The summed E-state index contributed by atoms with van der Waals surface area (Å²) in [7, 11) is 0. The number of hydrogen-bond donors (Lipinski definition) is 1. The van der Waals surface area contributed by atoms with Crippen molar-refractivity contribution >= 4 is 51.9 Å². The Morgan fingerprint density at radius 3 is 2.39 bits per heavy atom. The maximum atomic E-state index is 14.0. The van der Waals surface area contributed by atoms with Gasteiger partial charge in [0, 0.05) is 35.3 Å². The van der Waals surface area contributed by atoms with Crippen LogP contribution in [0.15, 0.2) is 16.3 Å². The first-order valence-corrected chi connectivity index (χ1v) is 14.8. The molecule has 0 radical (unpaired) electrons. The van der Waals surface area contributed by atoms with Crippen LogP contribution in [0, 0.1) is 29.1 Å². The van der Waals surface area contributed by atoms with E-state index >= 15 is 0 Å². The fourth-order valence-electron chi connectivity index (χ4n) is 5.17. The van der Waals surface area contributed by atoms with Crippen molar-refractivity contribution in [3.05, 3.63) is 15.8 Å². The summed E-state index contributed by atoms with van der Waals surface area (Å²) in [4.78, 5) is 29.1.